The maximum Gasteiger partial charge on any atom is 0.707 e. The fourth-order valence-electron chi connectivity index (χ4n) is 0.689. The second kappa shape index (κ2) is 3.75. The molecule has 6 heteroatoms. The predicted molar refractivity (Wildman–Crippen MR) is 42.2 cm³/mol. The van der Waals surface area contributed by atoms with E-state index in [9.17, 15) is 4.39 Å². The third-order valence-electron chi connectivity index (χ3n) is 1.15. The summed E-state index contributed by atoms with van der Waals surface area (Å²) >= 11 is 5.42. The summed E-state index contributed by atoms with van der Waals surface area (Å²) in [6, 6.07) is 3.81. The highest BCUT2D eigenvalue weighted by molar-refractivity contribution is 6.36. The van der Waals surface area contributed by atoms with Crippen LogP contribution in [-0.4, -0.2) is 17.4 Å². The lowest BCUT2D eigenvalue weighted by molar-refractivity contribution is 0.287. The van der Waals surface area contributed by atoms with Gasteiger partial charge in [0.15, 0.2) is 0 Å². The average molecular weight is 190 g/mol. The van der Waals surface area contributed by atoms with Gasteiger partial charge in [0.2, 0.25) is 0 Å². The van der Waals surface area contributed by atoms with E-state index in [1.54, 1.807) is 0 Å². The van der Waals surface area contributed by atoms with Crippen molar-refractivity contribution in [3.63, 3.8) is 0 Å². The molecule has 0 atom stereocenters. The van der Waals surface area contributed by atoms with E-state index >= 15 is 0 Å². The molecular weight excluding hydrogens is 185 g/mol. The van der Waals surface area contributed by atoms with Gasteiger partial charge in [0.05, 0.1) is 0 Å². The molecule has 1 aromatic carbocycles. The van der Waals surface area contributed by atoms with Crippen LogP contribution in [0.1, 0.15) is 0 Å². The SMILES string of the molecule is OB(O)Oc1cccc(F)c1Cl. The van der Waals surface area contributed by atoms with Crippen LogP contribution < -0.4 is 4.65 Å². The summed E-state index contributed by atoms with van der Waals surface area (Å²) in [6.45, 7) is 0. The van der Waals surface area contributed by atoms with Gasteiger partial charge >= 0.3 is 7.32 Å². The summed E-state index contributed by atoms with van der Waals surface area (Å²) in [5.74, 6) is -0.776. The van der Waals surface area contributed by atoms with Gasteiger partial charge in [-0.1, -0.05) is 17.7 Å². The number of hydrogen-bond donors (Lipinski definition) is 2. The zero-order valence-electron chi connectivity index (χ0n) is 5.87. The molecule has 0 spiro atoms. The molecule has 0 unspecified atom stereocenters. The molecule has 0 saturated heterocycles. The Kier molecular flexibility index (Phi) is 2.91. The normalized spacial score (nSPS) is 9.67. The highest BCUT2D eigenvalue weighted by Gasteiger charge is 2.15. The molecule has 0 heterocycles. The predicted octanol–water partition coefficient (Wildman–Crippen LogP) is 0.827. The second-order valence-corrected chi connectivity index (χ2v) is 2.37. The molecule has 3 nitrogen and oxygen atoms in total. The summed E-state index contributed by atoms with van der Waals surface area (Å²) in [7, 11) is -2.00. The minimum absolute atomic E-state index is 0.105. The van der Waals surface area contributed by atoms with Crippen molar-refractivity contribution in [3.8, 4) is 5.75 Å². The van der Waals surface area contributed by atoms with Crippen molar-refractivity contribution in [2.75, 3.05) is 0 Å². The molecule has 12 heavy (non-hydrogen) atoms. The van der Waals surface area contributed by atoms with Crippen LogP contribution in [0.2, 0.25) is 5.02 Å². The molecular formula is C6H5BClFO3. The van der Waals surface area contributed by atoms with Crippen LogP contribution in [-0.2, 0) is 0 Å². The summed E-state index contributed by atoms with van der Waals surface area (Å²) < 4.78 is 17.0. The van der Waals surface area contributed by atoms with Gasteiger partial charge in [0.1, 0.15) is 16.6 Å². The summed E-state index contributed by atoms with van der Waals surface area (Å²) in [5, 5.41) is 16.5. The van der Waals surface area contributed by atoms with Crippen LogP contribution in [0.25, 0.3) is 0 Å². The smallest absolute Gasteiger partial charge is 0.511 e. The lowest BCUT2D eigenvalue weighted by Crippen LogP contribution is -2.20. The zero-order valence-corrected chi connectivity index (χ0v) is 6.62. The molecule has 64 valence electrons. The fraction of sp³-hybridized carbons (Fsp3) is 0. The van der Waals surface area contributed by atoms with Crippen LogP contribution >= 0.6 is 11.6 Å². The minimum atomic E-state index is -2.00. The van der Waals surface area contributed by atoms with E-state index in [2.05, 4.69) is 4.65 Å². The summed E-state index contributed by atoms with van der Waals surface area (Å²) in [5.41, 5.74) is 0. The first-order valence-electron chi connectivity index (χ1n) is 3.08. The molecule has 0 amide bonds. The Morgan fingerprint density at radius 1 is 1.42 bits per heavy atom. The van der Waals surface area contributed by atoms with Crippen molar-refractivity contribution in [3.05, 3.63) is 29.0 Å². The Hall–Kier alpha value is -0.775. The van der Waals surface area contributed by atoms with Gasteiger partial charge in [-0.15, -0.1) is 0 Å². The van der Waals surface area contributed by atoms with Crippen molar-refractivity contribution < 1.29 is 19.1 Å². The third-order valence-corrected chi connectivity index (χ3v) is 1.52. The molecule has 0 saturated carbocycles. The summed E-state index contributed by atoms with van der Waals surface area (Å²) in [4.78, 5) is 0. The number of halogens is 2. The van der Waals surface area contributed by atoms with Crippen molar-refractivity contribution >= 4 is 18.9 Å². The molecule has 0 radical (unpaired) electrons. The first-order valence-corrected chi connectivity index (χ1v) is 3.46. The van der Waals surface area contributed by atoms with E-state index in [1.807, 2.05) is 0 Å². The Morgan fingerprint density at radius 2 is 2.08 bits per heavy atom. The number of hydrogen-bond acceptors (Lipinski definition) is 3. The Labute approximate surface area is 73.5 Å². The highest BCUT2D eigenvalue weighted by atomic mass is 35.5. The molecule has 0 aliphatic carbocycles. The molecule has 0 bridgehead atoms. The van der Waals surface area contributed by atoms with Crippen LogP contribution in [0, 0.1) is 5.82 Å². The lowest BCUT2D eigenvalue weighted by atomic mass is 10.2. The van der Waals surface area contributed by atoms with E-state index in [0.29, 0.717) is 0 Å². The van der Waals surface area contributed by atoms with Gasteiger partial charge in [-0.3, -0.25) is 0 Å². The molecule has 1 rings (SSSR count). The van der Waals surface area contributed by atoms with Crippen molar-refractivity contribution in [2.24, 2.45) is 0 Å². The number of rotatable bonds is 2. The van der Waals surface area contributed by atoms with Gasteiger partial charge in [-0.05, 0) is 12.1 Å². The topological polar surface area (TPSA) is 49.7 Å². The van der Waals surface area contributed by atoms with Gasteiger partial charge < -0.3 is 14.7 Å². The lowest BCUT2D eigenvalue weighted by Gasteiger charge is -2.05. The maximum absolute atomic E-state index is 12.7. The monoisotopic (exact) mass is 190 g/mol. The van der Waals surface area contributed by atoms with Crippen molar-refractivity contribution in [1.29, 1.82) is 0 Å². The van der Waals surface area contributed by atoms with E-state index in [4.69, 9.17) is 21.6 Å². The number of benzene rings is 1. The summed E-state index contributed by atoms with van der Waals surface area (Å²) in [6.07, 6.45) is 0. The van der Waals surface area contributed by atoms with Gasteiger partial charge in [-0.2, -0.15) is 0 Å². The van der Waals surface area contributed by atoms with E-state index in [1.165, 1.54) is 12.1 Å². The van der Waals surface area contributed by atoms with Crippen LogP contribution in [0.3, 0.4) is 0 Å². The minimum Gasteiger partial charge on any atom is -0.511 e. The van der Waals surface area contributed by atoms with Gasteiger partial charge in [0, 0.05) is 0 Å². The molecule has 0 fully saturated rings. The van der Waals surface area contributed by atoms with Crippen LogP contribution in [0.15, 0.2) is 18.2 Å². The molecule has 2 N–H and O–H groups in total. The maximum atomic E-state index is 12.7. The largest absolute Gasteiger partial charge is 0.707 e. The third kappa shape index (κ3) is 2.10. The van der Waals surface area contributed by atoms with E-state index < -0.39 is 13.1 Å². The second-order valence-electron chi connectivity index (χ2n) is 2.00. The van der Waals surface area contributed by atoms with Gasteiger partial charge in [0.25, 0.3) is 0 Å². The fourth-order valence-corrected chi connectivity index (χ4v) is 0.859. The van der Waals surface area contributed by atoms with Crippen LogP contribution in [0.4, 0.5) is 4.39 Å². The Balaban J connectivity index is 2.92. The molecule has 0 aliphatic rings. The standard InChI is InChI=1S/C6H5BClFO3/c8-6-4(9)2-1-3-5(6)12-7(10)11/h1-3,10-11H. The van der Waals surface area contributed by atoms with Gasteiger partial charge in [-0.25, -0.2) is 4.39 Å². The molecule has 0 aromatic heterocycles. The first-order chi connectivity index (χ1) is 5.61. The Morgan fingerprint density at radius 3 is 2.67 bits per heavy atom. The Bertz CT molecular complexity index is 281. The molecule has 1 aromatic rings. The zero-order chi connectivity index (χ0) is 9.14. The van der Waals surface area contributed by atoms with E-state index in [0.717, 1.165) is 6.07 Å². The van der Waals surface area contributed by atoms with E-state index in [-0.39, 0.29) is 10.8 Å². The highest BCUT2D eigenvalue weighted by Crippen LogP contribution is 2.26. The molecule has 0 aliphatic heterocycles. The quantitative estimate of drug-likeness (QED) is 0.679. The first kappa shape index (κ1) is 9.31. The van der Waals surface area contributed by atoms with Crippen LogP contribution in [0.5, 0.6) is 5.75 Å². The van der Waals surface area contributed by atoms with Crippen molar-refractivity contribution in [2.45, 2.75) is 0 Å². The average Bonchev–Trinajstić information content (AvgIpc) is 1.98. The van der Waals surface area contributed by atoms with Crippen molar-refractivity contribution in [1.82, 2.24) is 0 Å².